The van der Waals surface area contributed by atoms with Crippen LogP contribution in [-0.2, 0) is 0 Å². The van der Waals surface area contributed by atoms with Crippen molar-refractivity contribution < 1.29 is 0 Å². The number of alkyl halides is 2. The zero-order valence-electron chi connectivity index (χ0n) is 15.3. The van der Waals surface area contributed by atoms with Gasteiger partial charge in [0, 0.05) is 0 Å². The third-order valence-electron chi connectivity index (χ3n) is 6.10. The highest BCUT2D eigenvalue weighted by molar-refractivity contribution is 7.43. The number of hydrogen-bond acceptors (Lipinski definition) is 0. The van der Waals surface area contributed by atoms with E-state index in [1.807, 2.05) is 0 Å². The summed E-state index contributed by atoms with van der Waals surface area (Å²) in [6.07, 6.45) is 7.32. The molecule has 22 heavy (non-hydrogen) atoms. The van der Waals surface area contributed by atoms with E-state index in [1.54, 1.807) is 0 Å². The Morgan fingerprint density at radius 1 is 1.05 bits per heavy atom. The zero-order chi connectivity index (χ0) is 17.0. The van der Waals surface area contributed by atoms with Gasteiger partial charge in [0.25, 0.3) is 0 Å². The molecule has 0 bridgehead atoms. The lowest BCUT2D eigenvalue weighted by Crippen LogP contribution is -2.53. The molecule has 0 heterocycles. The van der Waals surface area contributed by atoms with Crippen LogP contribution >= 0.6 is 40.4 Å². The van der Waals surface area contributed by atoms with Crippen LogP contribution in [-0.4, -0.2) is 28.0 Å². The van der Waals surface area contributed by atoms with Gasteiger partial charge in [-0.15, -0.1) is 31.8 Å². The van der Waals surface area contributed by atoms with Crippen LogP contribution in [0.1, 0.15) is 67.2 Å². The molecule has 0 aliphatic heterocycles. The first-order valence-electron chi connectivity index (χ1n) is 9.12. The monoisotopic (exact) mass is 384 g/mol. The first-order valence-corrected chi connectivity index (χ1v) is 12.4. The topological polar surface area (TPSA) is 0 Å². The van der Waals surface area contributed by atoms with Crippen LogP contribution in [0.3, 0.4) is 0 Å². The van der Waals surface area contributed by atoms with Crippen LogP contribution in [0.4, 0.5) is 0 Å². The van der Waals surface area contributed by atoms with Crippen molar-refractivity contribution in [2.24, 2.45) is 17.3 Å². The van der Waals surface area contributed by atoms with E-state index in [9.17, 15) is 0 Å². The summed E-state index contributed by atoms with van der Waals surface area (Å²) < 4.78 is -0.172. The fourth-order valence-electron chi connectivity index (χ4n) is 4.42. The normalized spacial score (nSPS) is 39.8. The lowest BCUT2D eigenvalue weighted by atomic mass is 9.58. The highest BCUT2D eigenvalue weighted by Gasteiger charge is 2.55. The molecule has 1 saturated carbocycles. The molecule has 0 spiro atoms. The molecule has 0 nitrogen and oxygen atoms in total. The third-order valence-corrected chi connectivity index (χ3v) is 11.0. The van der Waals surface area contributed by atoms with Crippen molar-refractivity contribution >= 4 is 40.4 Å². The molecule has 7 atom stereocenters. The van der Waals surface area contributed by atoms with E-state index >= 15 is 0 Å². The van der Waals surface area contributed by atoms with Crippen molar-refractivity contribution in [2.75, 3.05) is 12.3 Å². The minimum atomic E-state index is -0.172. The molecule has 0 aromatic rings. The highest BCUT2D eigenvalue weighted by Crippen LogP contribution is 2.63. The summed E-state index contributed by atoms with van der Waals surface area (Å²) in [5.41, 5.74) is 0.992. The van der Waals surface area contributed by atoms with Crippen molar-refractivity contribution in [1.29, 1.82) is 0 Å². The fraction of sp³-hybridized carbons (Fsp3) is 1.00. The van der Waals surface area contributed by atoms with E-state index in [4.69, 9.17) is 23.2 Å². The molecule has 0 aromatic heterocycles. The lowest BCUT2D eigenvalue weighted by molar-refractivity contribution is 0.0363. The Kier molecular flexibility index (Phi) is 9.01. The predicted octanol–water partition coefficient (Wildman–Crippen LogP) is 7.17. The largest absolute Gasteiger partial charge is 0.120 e. The van der Waals surface area contributed by atoms with Gasteiger partial charge in [0.1, 0.15) is 0 Å². The van der Waals surface area contributed by atoms with E-state index in [2.05, 4.69) is 41.5 Å². The summed E-state index contributed by atoms with van der Waals surface area (Å²) in [4.78, 5) is 0. The summed E-state index contributed by atoms with van der Waals surface area (Å²) in [5.74, 6) is 1.46. The summed E-state index contributed by atoms with van der Waals surface area (Å²) in [6.45, 7) is 14.2. The Hall–Kier alpha value is 1.44. The van der Waals surface area contributed by atoms with E-state index in [1.165, 1.54) is 25.4 Å². The van der Waals surface area contributed by atoms with Crippen molar-refractivity contribution in [3.05, 3.63) is 0 Å². The number of halogens is 2. The molecule has 1 aliphatic carbocycles. The summed E-state index contributed by atoms with van der Waals surface area (Å²) >= 11 is 14.2. The Morgan fingerprint density at radius 3 is 2.00 bits per heavy atom. The van der Waals surface area contributed by atoms with Crippen LogP contribution in [0.15, 0.2) is 0 Å². The third kappa shape index (κ3) is 4.34. The molecular weight excluding hydrogens is 349 g/mol. The molecular formula is C18H36Cl2P2. The smallest absolute Gasteiger partial charge is 0.0786 e. The van der Waals surface area contributed by atoms with Gasteiger partial charge < -0.3 is 0 Å². The van der Waals surface area contributed by atoms with E-state index in [-0.39, 0.29) is 9.99 Å². The molecule has 1 fully saturated rings. The van der Waals surface area contributed by atoms with Crippen molar-refractivity contribution in [3.63, 3.8) is 0 Å². The first-order chi connectivity index (χ1) is 10.3. The molecule has 0 aromatic carbocycles. The molecule has 7 unspecified atom stereocenters. The van der Waals surface area contributed by atoms with Gasteiger partial charge in [-0.2, -0.15) is 0 Å². The fourth-order valence-corrected chi connectivity index (χ4v) is 9.14. The lowest BCUT2D eigenvalue weighted by Gasteiger charge is -2.56. The van der Waals surface area contributed by atoms with Gasteiger partial charge in [-0.1, -0.05) is 63.0 Å². The van der Waals surface area contributed by atoms with Crippen LogP contribution in [0.2, 0.25) is 0 Å². The summed E-state index contributed by atoms with van der Waals surface area (Å²) in [5, 5.41) is 0.159. The highest BCUT2D eigenvalue weighted by atomic mass is 35.5. The maximum absolute atomic E-state index is 7.23. The molecule has 1 aliphatic rings. The SMILES string of the molecule is CCPC1CC(C(C)CC)(C(C)CC)CC(Cl)(PCC)C1Cl. The van der Waals surface area contributed by atoms with E-state index in [0.29, 0.717) is 11.1 Å². The second-order valence-corrected chi connectivity index (χ2v) is 12.5. The van der Waals surface area contributed by atoms with Gasteiger partial charge in [-0.05, 0) is 48.1 Å². The Morgan fingerprint density at radius 2 is 1.59 bits per heavy atom. The molecule has 4 heteroatoms. The van der Waals surface area contributed by atoms with Gasteiger partial charge in [0.2, 0.25) is 0 Å². The van der Waals surface area contributed by atoms with Gasteiger partial charge in [0.05, 0.1) is 9.99 Å². The minimum absolute atomic E-state index is 0.159. The van der Waals surface area contributed by atoms with Crippen LogP contribution in [0.5, 0.6) is 0 Å². The maximum Gasteiger partial charge on any atom is 0.0786 e. The first kappa shape index (κ1) is 21.5. The van der Waals surface area contributed by atoms with Crippen LogP contribution in [0.25, 0.3) is 0 Å². The van der Waals surface area contributed by atoms with Crippen LogP contribution in [0, 0.1) is 17.3 Å². The average molecular weight is 385 g/mol. The minimum Gasteiger partial charge on any atom is -0.120 e. The second kappa shape index (κ2) is 9.22. The number of hydrogen-bond donors (Lipinski definition) is 0. The average Bonchev–Trinajstić information content (AvgIpc) is 2.50. The van der Waals surface area contributed by atoms with Gasteiger partial charge >= 0.3 is 0 Å². The van der Waals surface area contributed by atoms with Crippen molar-refractivity contribution in [3.8, 4) is 0 Å². The molecule has 132 valence electrons. The molecule has 0 radical (unpaired) electrons. The van der Waals surface area contributed by atoms with Gasteiger partial charge in [-0.3, -0.25) is 0 Å². The Bertz CT molecular complexity index is 327. The van der Waals surface area contributed by atoms with Crippen molar-refractivity contribution in [1.82, 2.24) is 0 Å². The Balaban J connectivity index is 3.25. The van der Waals surface area contributed by atoms with Gasteiger partial charge in [0.15, 0.2) is 0 Å². The predicted molar refractivity (Wildman–Crippen MR) is 110 cm³/mol. The quantitative estimate of drug-likeness (QED) is 0.307. The Labute approximate surface area is 152 Å². The standard InChI is InChI=1S/C18H36Cl2P2/c1-7-13(5)17(14(6)8-2)11-15(21-9-3)16(19)18(20,12-17)22-10-4/h13-16,21-22H,7-12H2,1-6H3. The maximum atomic E-state index is 7.23. The summed E-state index contributed by atoms with van der Waals surface area (Å²) in [7, 11) is 1.74. The summed E-state index contributed by atoms with van der Waals surface area (Å²) in [6, 6.07) is 0. The number of rotatable bonds is 8. The van der Waals surface area contributed by atoms with Crippen LogP contribution < -0.4 is 0 Å². The molecule has 0 saturated heterocycles. The molecule has 0 N–H and O–H groups in total. The van der Waals surface area contributed by atoms with E-state index < -0.39 is 0 Å². The second-order valence-electron chi connectivity index (χ2n) is 7.19. The zero-order valence-corrected chi connectivity index (χ0v) is 18.8. The molecule has 1 rings (SSSR count). The van der Waals surface area contributed by atoms with Crippen molar-refractivity contribution in [2.45, 2.75) is 82.9 Å². The van der Waals surface area contributed by atoms with Gasteiger partial charge in [-0.25, -0.2) is 0 Å². The molecule has 0 amide bonds. The van der Waals surface area contributed by atoms with E-state index in [0.717, 1.165) is 41.6 Å².